The van der Waals surface area contributed by atoms with Crippen LogP contribution in [0.25, 0.3) is 11.1 Å². The van der Waals surface area contributed by atoms with E-state index in [0.29, 0.717) is 56.3 Å². The SMILES string of the molecule is CCOc1cc(CN2CCC3(CC2)CN(c2ccc(C(=O)O)cc2C)C(=O)O3)cc(OCC)c1-c1ccc(F)cc1. The van der Waals surface area contributed by atoms with Gasteiger partial charge in [0.2, 0.25) is 0 Å². The first kappa shape index (κ1) is 28.4. The molecule has 0 aromatic heterocycles. The number of aryl methyl sites for hydroxylation is 1. The van der Waals surface area contributed by atoms with Crippen molar-refractivity contribution in [1.82, 2.24) is 4.90 Å². The maximum atomic E-state index is 13.6. The van der Waals surface area contributed by atoms with Crippen molar-refractivity contribution in [2.75, 3.05) is 37.7 Å². The number of carbonyl (C=O) groups is 2. The fourth-order valence-corrected chi connectivity index (χ4v) is 5.71. The first-order valence-corrected chi connectivity index (χ1v) is 14.0. The van der Waals surface area contributed by atoms with E-state index < -0.39 is 17.7 Å². The van der Waals surface area contributed by atoms with Crippen molar-refractivity contribution in [3.8, 4) is 22.6 Å². The summed E-state index contributed by atoms with van der Waals surface area (Å²) in [5, 5.41) is 9.27. The van der Waals surface area contributed by atoms with Crippen LogP contribution in [0.2, 0.25) is 0 Å². The smallest absolute Gasteiger partial charge is 0.415 e. The van der Waals surface area contributed by atoms with Gasteiger partial charge in [-0.1, -0.05) is 12.1 Å². The minimum absolute atomic E-state index is 0.188. The molecule has 2 fully saturated rings. The van der Waals surface area contributed by atoms with Crippen molar-refractivity contribution in [2.45, 2.75) is 45.8 Å². The number of amides is 1. The molecule has 41 heavy (non-hydrogen) atoms. The van der Waals surface area contributed by atoms with Crippen LogP contribution >= 0.6 is 0 Å². The summed E-state index contributed by atoms with van der Waals surface area (Å²) in [6.45, 7) is 9.22. The van der Waals surface area contributed by atoms with E-state index in [1.54, 1.807) is 36.1 Å². The van der Waals surface area contributed by atoms with Crippen molar-refractivity contribution in [2.24, 2.45) is 0 Å². The number of hydrogen-bond donors (Lipinski definition) is 1. The Hall–Kier alpha value is -4.11. The molecule has 2 saturated heterocycles. The van der Waals surface area contributed by atoms with Gasteiger partial charge in [-0.2, -0.15) is 0 Å². The van der Waals surface area contributed by atoms with Crippen molar-refractivity contribution in [3.05, 3.63) is 77.1 Å². The maximum Gasteiger partial charge on any atom is 0.415 e. The third-order valence-electron chi connectivity index (χ3n) is 7.74. The summed E-state index contributed by atoms with van der Waals surface area (Å²) in [6, 6.07) is 15.1. The Balaban J connectivity index is 1.30. The molecule has 2 heterocycles. The fourth-order valence-electron chi connectivity index (χ4n) is 5.71. The van der Waals surface area contributed by atoms with Gasteiger partial charge in [-0.25, -0.2) is 14.0 Å². The number of ether oxygens (including phenoxy) is 3. The molecular weight excluding hydrogens is 527 g/mol. The Morgan fingerprint density at radius 1 is 1.00 bits per heavy atom. The molecule has 1 spiro atoms. The van der Waals surface area contributed by atoms with Gasteiger partial charge < -0.3 is 19.3 Å². The summed E-state index contributed by atoms with van der Waals surface area (Å²) in [4.78, 5) is 28.1. The third kappa shape index (κ3) is 6.00. The Morgan fingerprint density at radius 3 is 2.20 bits per heavy atom. The highest BCUT2D eigenvalue weighted by Gasteiger charge is 2.47. The molecule has 0 atom stereocenters. The van der Waals surface area contributed by atoms with Crippen LogP contribution < -0.4 is 14.4 Å². The lowest BCUT2D eigenvalue weighted by Gasteiger charge is -2.37. The highest BCUT2D eigenvalue weighted by Crippen LogP contribution is 2.41. The predicted octanol–water partition coefficient (Wildman–Crippen LogP) is 6.29. The number of benzene rings is 3. The van der Waals surface area contributed by atoms with Crippen LogP contribution in [0.1, 0.15) is 48.2 Å². The molecule has 2 aliphatic rings. The second-order valence-electron chi connectivity index (χ2n) is 10.6. The molecule has 0 unspecified atom stereocenters. The van der Waals surface area contributed by atoms with E-state index in [9.17, 15) is 19.1 Å². The quantitative estimate of drug-likeness (QED) is 0.328. The van der Waals surface area contributed by atoms with Crippen molar-refractivity contribution >= 4 is 17.7 Å². The van der Waals surface area contributed by atoms with E-state index >= 15 is 0 Å². The monoisotopic (exact) mass is 562 g/mol. The largest absolute Gasteiger partial charge is 0.493 e. The third-order valence-corrected chi connectivity index (χ3v) is 7.74. The number of carbonyl (C=O) groups excluding carboxylic acids is 1. The molecule has 2 aliphatic heterocycles. The zero-order valence-electron chi connectivity index (χ0n) is 23.6. The lowest BCUT2D eigenvalue weighted by Crippen LogP contribution is -2.46. The predicted molar refractivity (Wildman–Crippen MR) is 153 cm³/mol. The van der Waals surface area contributed by atoms with Crippen molar-refractivity contribution < 1.29 is 33.3 Å². The molecule has 3 aromatic rings. The molecule has 216 valence electrons. The van der Waals surface area contributed by atoms with Crippen LogP contribution in [0.15, 0.2) is 54.6 Å². The highest BCUT2D eigenvalue weighted by atomic mass is 19.1. The summed E-state index contributed by atoms with van der Waals surface area (Å²) in [5.41, 5.74) is 3.67. The maximum absolute atomic E-state index is 13.6. The van der Waals surface area contributed by atoms with Crippen LogP contribution in [0.5, 0.6) is 11.5 Å². The summed E-state index contributed by atoms with van der Waals surface area (Å²) in [6.07, 6.45) is 0.973. The number of aromatic carboxylic acids is 1. The van der Waals surface area contributed by atoms with Gasteiger partial charge in [-0.05, 0) is 79.9 Å². The average molecular weight is 563 g/mol. The average Bonchev–Trinajstić information content (AvgIpc) is 3.26. The van der Waals surface area contributed by atoms with Crippen LogP contribution in [0.3, 0.4) is 0 Å². The number of piperidine rings is 1. The highest BCUT2D eigenvalue weighted by molar-refractivity contribution is 5.93. The Bertz CT molecular complexity index is 1410. The Morgan fingerprint density at radius 2 is 1.63 bits per heavy atom. The molecule has 0 bridgehead atoms. The zero-order chi connectivity index (χ0) is 29.1. The van der Waals surface area contributed by atoms with Crippen LogP contribution in [-0.2, 0) is 11.3 Å². The summed E-state index contributed by atoms with van der Waals surface area (Å²) in [5.74, 6) is 0.0853. The zero-order valence-corrected chi connectivity index (χ0v) is 23.6. The number of rotatable bonds is 9. The fraction of sp³-hybridized carbons (Fsp3) is 0.375. The molecule has 1 N–H and O–H groups in total. The first-order chi connectivity index (χ1) is 19.7. The van der Waals surface area contributed by atoms with Crippen LogP contribution in [-0.4, -0.2) is 60.5 Å². The van der Waals surface area contributed by atoms with E-state index in [4.69, 9.17) is 14.2 Å². The number of nitrogens with zero attached hydrogens (tertiary/aromatic N) is 2. The number of carboxylic acid groups (broad SMARTS) is 1. The van der Waals surface area contributed by atoms with Crippen LogP contribution in [0, 0.1) is 12.7 Å². The number of likely N-dealkylation sites (tertiary alicyclic amines) is 1. The van der Waals surface area contributed by atoms with Gasteiger partial charge in [0.1, 0.15) is 22.9 Å². The van der Waals surface area contributed by atoms with Crippen LogP contribution in [0.4, 0.5) is 14.9 Å². The molecule has 3 aromatic carbocycles. The molecule has 0 radical (unpaired) electrons. The lowest BCUT2D eigenvalue weighted by molar-refractivity contribution is -0.00101. The molecule has 1 amide bonds. The molecular formula is C32H35FN2O6. The Labute approximate surface area is 239 Å². The lowest BCUT2D eigenvalue weighted by atomic mass is 9.90. The van der Waals surface area contributed by atoms with E-state index in [1.165, 1.54) is 18.2 Å². The second kappa shape index (κ2) is 11.8. The van der Waals surface area contributed by atoms with Gasteiger partial charge in [-0.15, -0.1) is 0 Å². The standard InChI is InChI=1S/C32H35FN2O6/c1-4-39-27-17-22(18-28(40-5-2)29(27)23-6-9-25(33)10-7-23)19-34-14-12-32(13-15-34)20-35(31(38)41-32)26-11-8-24(30(36)37)16-21(26)3/h6-11,16-18H,4-5,12-15,19-20H2,1-3H3,(H,36,37). The van der Waals surface area contributed by atoms with Gasteiger partial charge in [0.25, 0.3) is 0 Å². The summed E-state index contributed by atoms with van der Waals surface area (Å²) in [7, 11) is 0. The first-order valence-electron chi connectivity index (χ1n) is 14.0. The normalized spacial score (nSPS) is 16.6. The minimum atomic E-state index is -1.00. The van der Waals surface area contributed by atoms with Gasteiger partial charge in [0.15, 0.2) is 0 Å². The van der Waals surface area contributed by atoms with Gasteiger partial charge in [0.05, 0.1) is 36.6 Å². The number of hydrogen-bond acceptors (Lipinski definition) is 6. The molecule has 8 nitrogen and oxygen atoms in total. The van der Waals surface area contributed by atoms with E-state index in [0.717, 1.165) is 35.3 Å². The number of anilines is 1. The molecule has 9 heteroatoms. The van der Waals surface area contributed by atoms with Crippen molar-refractivity contribution in [1.29, 1.82) is 0 Å². The summed E-state index contributed by atoms with van der Waals surface area (Å²) >= 11 is 0. The van der Waals surface area contributed by atoms with E-state index in [1.807, 2.05) is 26.0 Å². The number of halogens is 1. The van der Waals surface area contributed by atoms with Gasteiger partial charge in [-0.3, -0.25) is 9.80 Å². The topological polar surface area (TPSA) is 88.5 Å². The Kier molecular flexibility index (Phi) is 8.17. The van der Waals surface area contributed by atoms with Gasteiger partial charge >= 0.3 is 12.1 Å². The van der Waals surface area contributed by atoms with E-state index in [-0.39, 0.29) is 11.4 Å². The number of carboxylic acids is 1. The minimum Gasteiger partial charge on any atom is -0.493 e. The second-order valence-corrected chi connectivity index (χ2v) is 10.6. The summed E-state index contributed by atoms with van der Waals surface area (Å²) < 4.78 is 31.6. The molecule has 5 rings (SSSR count). The van der Waals surface area contributed by atoms with Crippen molar-refractivity contribution in [3.63, 3.8) is 0 Å². The molecule has 0 aliphatic carbocycles. The van der Waals surface area contributed by atoms with E-state index in [2.05, 4.69) is 4.90 Å². The van der Waals surface area contributed by atoms with Gasteiger partial charge in [0, 0.05) is 32.5 Å². The molecule has 0 saturated carbocycles.